The smallest absolute Gasteiger partial charge is 0.235 e. The molecule has 3 nitrogen and oxygen atoms in total. The first kappa shape index (κ1) is 30.7. The number of hydrogen-bond donors (Lipinski definition) is 0. The van der Waals surface area contributed by atoms with Gasteiger partial charge in [-0.05, 0) is 89.3 Å². The molecule has 0 amide bonds. The average Bonchev–Trinajstić information content (AvgIpc) is 3.80. The fourth-order valence-corrected chi connectivity index (χ4v) is 9.81. The number of nitrogens with zero attached hydrogens (tertiary/aromatic N) is 3. The Morgan fingerprint density at radius 3 is 1.75 bits per heavy atom. The lowest BCUT2D eigenvalue weighted by atomic mass is 9.94. The first-order valence-corrected chi connectivity index (χ1v) is 19.6. The Morgan fingerprint density at radius 1 is 0.333 bits per heavy atom. The Bertz CT molecular complexity index is 3690. The molecule has 2 heterocycles. The fraction of sp³-hybridized carbons (Fsp3) is 0. The fourth-order valence-electron chi connectivity index (χ4n) is 9.81. The molecule has 10 aromatic carbocycles. The molecule has 1 aliphatic rings. The highest BCUT2D eigenvalue weighted by atomic mass is 15.2. The number of aromatic nitrogens is 3. The molecule has 0 fully saturated rings. The van der Waals surface area contributed by atoms with E-state index in [9.17, 15) is 0 Å². The van der Waals surface area contributed by atoms with Gasteiger partial charge in [-0.2, -0.15) is 0 Å². The summed E-state index contributed by atoms with van der Waals surface area (Å²) in [5, 5.41) is 13.4. The molecule has 3 heteroatoms. The van der Waals surface area contributed by atoms with Crippen LogP contribution in [0.2, 0.25) is 0 Å². The first-order valence-electron chi connectivity index (χ1n) is 19.6. The predicted octanol–water partition coefficient (Wildman–Crippen LogP) is 14.3. The number of fused-ring (bicyclic) bond motifs is 14. The third-order valence-corrected chi connectivity index (χ3v) is 12.3. The van der Waals surface area contributed by atoms with E-state index in [1.807, 2.05) is 0 Å². The maximum Gasteiger partial charge on any atom is 0.235 e. The van der Waals surface area contributed by atoms with E-state index in [0.29, 0.717) is 5.95 Å². The molecule has 0 spiro atoms. The molecule has 13 rings (SSSR count). The summed E-state index contributed by atoms with van der Waals surface area (Å²) >= 11 is 0. The van der Waals surface area contributed by atoms with Crippen molar-refractivity contribution in [2.24, 2.45) is 0 Å². The quantitative estimate of drug-likeness (QED) is 0.170. The van der Waals surface area contributed by atoms with Gasteiger partial charge in [0.1, 0.15) is 0 Å². The molecule has 57 heavy (non-hydrogen) atoms. The molecule has 262 valence electrons. The number of rotatable bonds is 3. The Morgan fingerprint density at radius 2 is 0.930 bits per heavy atom. The van der Waals surface area contributed by atoms with Crippen LogP contribution >= 0.6 is 0 Å². The summed E-state index contributed by atoms with van der Waals surface area (Å²) in [5.74, 6) is 0.664. The van der Waals surface area contributed by atoms with Crippen molar-refractivity contribution in [3.63, 3.8) is 0 Å². The molecule has 0 unspecified atom stereocenters. The Hall–Kier alpha value is -7.62. The van der Waals surface area contributed by atoms with Gasteiger partial charge in [-0.25, -0.2) is 9.97 Å². The van der Waals surface area contributed by atoms with Crippen molar-refractivity contribution >= 4 is 75.8 Å². The van der Waals surface area contributed by atoms with Crippen molar-refractivity contribution in [2.45, 2.75) is 0 Å². The second-order valence-corrected chi connectivity index (χ2v) is 15.3. The second kappa shape index (κ2) is 11.5. The van der Waals surface area contributed by atoms with Crippen LogP contribution in [0.5, 0.6) is 0 Å². The van der Waals surface area contributed by atoms with Crippen molar-refractivity contribution in [2.75, 3.05) is 0 Å². The van der Waals surface area contributed by atoms with Gasteiger partial charge in [-0.1, -0.05) is 170 Å². The van der Waals surface area contributed by atoms with E-state index in [-0.39, 0.29) is 0 Å². The zero-order chi connectivity index (χ0) is 37.2. The van der Waals surface area contributed by atoms with Gasteiger partial charge in [-0.3, -0.25) is 4.57 Å². The first-order chi connectivity index (χ1) is 28.3. The van der Waals surface area contributed by atoms with Crippen LogP contribution in [0.15, 0.2) is 188 Å². The van der Waals surface area contributed by atoms with Crippen LogP contribution in [0.3, 0.4) is 0 Å². The highest BCUT2D eigenvalue weighted by molar-refractivity contribution is 6.38. The van der Waals surface area contributed by atoms with Crippen LogP contribution in [0.25, 0.3) is 126 Å². The van der Waals surface area contributed by atoms with Gasteiger partial charge >= 0.3 is 0 Å². The molecular weight excluding hydrogens is 691 g/mol. The van der Waals surface area contributed by atoms with E-state index in [2.05, 4.69) is 193 Å². The summed E-state index contributed by atoms with van der Waals surface area (Å²) in [6.45, 7) is 0. The van der Waals surface area contributed by atoms with E-state index < -0.39 is 0 Å². The molecule has 0 N–H and O–H groups in total. The maximum atomic E-state index is 5.59. The molecule has 0 saturated carbocycles. The molecule has 0 aliphatic heterocycles. The van der Waals surface area contributed by atoms with Crippen molar-refractivity contribution in [3.05, 3.63) is 188 Å². The second-order valence-electron chi connectivity index (χ2n) is 15.3. The third-order valence-electron chi connectivity index (χ3n) is 12.3. The van der Waals surface area contributed by atoms with E-state index in [0.717, 1.165) is 33.2 Å². The van der Waals surface area contributed by atoms with Crippen LogP contribution in [0, 0.1) is 0 Å². The zero-order valence-electron chi connectivity index (χ0n) is 30.7. The average molecular weight is 722 g/mol. The highest BCUT2D eigenvalue weighted by Gasteiger charge is 2.28. The lowest BCUT2D eigenvalue weighted by Crippen LogP contribution is -2.04. The molecule has 0 atom stereocenters. The van der Waals surface area contributed by atoms with Crippen LogP contribution in [0.1, 0.15) is 0 Å². The Labute approximate surface area is 327 Å². The third kappa shape index (κ3) is 4.26. The zero-order valence-corrected chi connectivity index (χ0v) is 30.7. The summed E-state index contributed by atoms with van der Waals surface area (Å²) in [5.41, 5.74) is 12.6. The summed E-state index contributed by atoms with van der Waals surface area (Å²) in [6, 6.07) is 68.3. The minimum atomic E-state index is 0.664. The summed E-state index contributed by atoms with van der Waals surface area (Å²) < 4.78 is 2.36. The van der Waals surface area contributed by atoms with Crippen molar-refractivity contribution in [3.8, 4) is 50.6 Å². The molecule has 1 aliphatic carbocycles. The van der Waals surface area contributed by atoms with Gasteiger partial charge in [-0.15, -0.1) is 0 Å². The van der Waals surface area contributed by atoms with Crippen LogP contribution in [0.4, 0.5) is 0 Å². The molecule has 2 aromatic heterocycles. The number of para-hydroxylation sites is 1. The van der Waals surface area contributed by atoms with E-state index in [4.69, 9.17) is 9.97 Å². The molecule has 0 saturated heterocycles. The van der Waals surface area contributed by atoms with Crippen LogP contribution in [-0.2, 0) is 0 Å². The van der Waals surface area contributed by atoms with Crippen molar-refractivity contribution < 1.29 is 0 Å². The van der Waals surface area contributed by atoms with E-state index >= 15 is 0 Å². The predicted molar refractivity (Wildman–Crippen MR) is 239 cm³/mol. The van der Waals surface area contributed by atoms with Crippen LogP contribution < -0.4 is 0 Å². The monoisotopic (exact) mass is 721 g/mol. The van der Waals surface area contributed by atoms with Gasteiger partial charge in [0, 0.05) is 27.1 Å². The normalized spacial score (nSPS) is 12.2. The maximum absolute atomic E-state index is 5.59. The van der Waals surface area contributed by atoms with E-state index in [1.54, 1.807) is 0 Å². The lowest BCUT2D eigenvalue weighted by molar-refractivity contribution is 1.02. The molecule has 0 bridgehead atoms. The Kier molecular flexibility index (Phi) is 6.16. The highest BCUT2D eigenvalue weighted by Crippen LogP contribution is 2.52. The topological polar surface area (TPSA) is 30.7 Å². The minimum Gasteiger partial charge on any atom is -0.277 e. The lowest BCUT2D eigenvalue weighted by Gasteiger charge is -2.14. The number of hydrogen-bond acceptors (Lipinski definition) is 2. The summed E-state index contributed by atoms with van der Waals surface area (Å²) in [6.07, 6.45) is 0. The van der Waals surface area contributed by atoms with E-state index in [1.165, 1.54) is 87.2 Å². The molecular formula is C54H31N3. The standard InChI is InChI=1S/C54H31N3/c1-2-13-35-30-36(29-26-32(35)12-1)33-24-27-34(28-25-33)52-44-20-9-10-23-47(44)55-54(56-52)57-48-31-46-40-17-4-3-15-38(40)41-21-11-22-45(49(41)46)50(48)51-42-18-7-5-14-37(42)39-16-6-8-19-43(39)53(51)57/h1-31H. The van der Waals surface area contributed by atoms with Gasteiger partial charge in [0.15, 0.2) is 0 Å². The summed E-state index contributed by atoms with van der Waals surface area (Å²) in [7, 11) is 0. The summed E-state index contributed by atoms with van der Waals surface area (Å²) in [4.78, 5) is 11.0. The van der Waals surface area contributed by atoms with Gasteiger partial charge < -0.3 is 0 Å². The van der Waals surface area contributed by atoms with Crippen LogP contribution in [-0.4, -0.2) is 14.5 Å². The molecule has 0 radical (unpaired) electrons. The SMILES string of the molecule is c1ccc2c(c1)-c1cccc3c1c-2cc1c3c2c3ccccc3c3ccccc3c2n1-c1nc(-c2ccc(-c3ccc4ccccc4c3)cc2)c2ccccc2n1. The van der Waals surface area contributed by atoms with Crippen molar-refractivity contribution in [1.29, 1.82) is 0 Å². The number of benzene rings is 10. The largest absolute Gasteiger partial charge is 0.277 e. The van der Waals surface area contributed by atoms with Gasteiger partial charge in [0.05, 0.1) is 22.2 Å². The minimum absolute atomic E-state index is 0.664. The van der Waals surface area contributed by atoms with Gasteiger partial charge in [0.2, 0.25) is 5.95 Å². The van der Waals surface area contributed by atoms with Crippen molar-refractivity contribution in [1.82, 2.24) is 14.5 Å². The Balaban J connectivity index is 1.14. The molecule has 12 aromatic rings. The van der Waals surface area contributed by atoms with Gasteiger partial charge in [0.25, 0.3) is 0 Å².